The van der Waals surface area contributed by atoms with Gasteiger partial charge < -0.3 is 10.4 Å². The molecule has 7 nitrogen and oxygen atoms in total. The average Bonchev–Trinajstić information content (AvgIpc) is 3.06. The van der Waals surface area contributed by atoms with Crippen LogP contribution in [0.4, 0.5) is 13.2 Å². The predicted molar refractivity (Wildman–Crippen MR) is 131 cm³/mol. The fourth-order valence-corrected chi connectivity index (χ4v) is 4.60. The van der Waals surface area contributed by atoms with Gasteiger partial charge in [-0.1, -0.05) is 35.3 Å². The lowest BCUT2D eigenvalue weighted by atomic mass is 9.85. The van der Waals surface area contributed by atoms with Crippen molar-refractivity contribution in [2.45, 2.75) is 44.4 Å². The summed E-state index contributed by atoms with van der Waals surface area (Å²) in [4.78, 5) is 34.1. The Balaban J connectivity index is 0.000000454. The molecule has 194 valence electrons. The van der Waals surface area contributed by atoms with E-state index in [-0.39, 0.29) is 17.6 Å². The number of alkyl halides is 3. The molecule has 0 bridgehead atoms. The van der Waals surface area contributed by atoms with Gasteiger partial charge in [0.05, 0.1) is 21.6 Å². The van der Waals surface area contributed by atoms with Crippen molar-refractivity contribution in [1.29, 1.82) is 0 Å². The van der Waals surface area contributed by atoms with Gasteiger partial charge in [0.1, 0.15) is 0 Å². The van der Waals surface area contributed by atoms with Gasteiger partial charge in [-0.2, -0.15) is 13.2 Å². The molecule has 0 aliphatic heterocycles. The highest BCUT2D eigenvalue weighted by Gasteiger charge is 2.38. The fourth-order valence-electron chi connectivity index (χ4n) is 4.22. The van der Waals surface area contributed by atoms with E-state index in [0.29, 0.717) is 28.1 Å². The second-order valence-corrected chi connectivity index (χ2v) is 9.40. The van der Waals surface area contributed by atoms with E-state index < -0.39 is 12.1 Å². The molecular formula is C24H24Cl2F3N3O4. The summed E-state index contributed by atoms with van der Waals surface area (Å²) < 4.78 is 35.3. The number of carbonyl (C=O) groups excluding carboxylic acids is 1. The van der Waals surface area contributed by atoms with Crippen molar-refractivity contribution in [2.75, 3.05) is 0 Å². The third-order valence-corrected chi connectivity index (χ3v) is 6.65. The van der Waals surface area contributed by atoms with Crippen LogP contribution in [0.2, 0.25) is 10.0 Å². The summed E-state index contributed by atoms with van der Waals surface area (Å²) in [6, 6.07) is 12.9. The number of nitrogens with zero attached hydrogens (tertiary/aromatic N) is 2. The monoisotopic (exact) mass is 545 g/mol. The quantitative estimate of drug-likeness (QED) is 0.467. The lowest BCUT2D eigenvalue weighted by Crippen LogP contribution is -2.38. The Morgan fingerprint density at radius 1 is 1.06 bits per heavy atom. The molecule has 12 heteroatoms. The number of para-hydroxylation sites is 2. The number of carbonyl (C=O) groups is 2. The zero-order chi connectivity index (χ0) is 26.6. The van der Waals surface area contributed by atoms with Crippen molar-refractivity contribution in [2.24, 2.45) is 13.0 Å². The van der Waals surface area contributed by atoms with Crippen LogP contribution in [0, 0.1) is 5.92 Å². The first-order chi connectivity index (χ1) is 16.9. The summed E-state index contributed by atoms with van der Waals surface area (Å²) in [6.07, 6.45) is -1.39. The Kier molecular flexibility index (Phi) is 8.73. The van der Waals surface area contributed by atoms with E-state index in [2.05, 4.69) is 5.32 Å². The van der Waals surface area contributed by atoms with Crippen LogP contribution in [0.25, 0.3) is 11.0 Å². The van der Waals surface area contributed by atoms with Gasteiger partial charge in [-0.25, -0.2) is 9.59 Å². The molecule has 1 aromatic heterocycles. The number of aryl methyl sites for hydroxylation is 1. The minimum absolute atomic E-state index is 0.0252. The van der Waals surface area contributed by atoms with Crippen LogP contribution in [0.1, 0.15) is 36.0 Å². The number of carboxylic acids is 1. The molecule has 1 amide bonds. The second kappa shape index (κ2) is 11.4. The number of rotatable bonds is 4. The molecule has 1 aliphatic rings. The van der Waals surface area contributed by atoms with Gasteiger partial charge in [-0.05, 0) is 61.9 Å². The minimum Gasteiger partial charge on any atom is -0.475 e. The zero-order valence-corrected chi connectivity index (χ0v) is 20.7. The lowest BCUT2D eigenvalue weighted by Gasteiger charge is -2.29. The van der Waals surface area contributed by atoms with Crippen molar-refractivity contribution < 1.29 is 27.9 Å². The second-order valence-electron chi connectivity index (χ2n) is 8.56. The van der Waals surface area contributed by atoms with Crippen LogP contribution in [0.5, 0.6) is 0 Å². The summed E-state index contributed by atoms with van der Waals surface area (Å²) in [5.74, 6) is -2.53. The predicted octanol–water partition coefficient (Wildman–Crippen LogP) is 5.27. The molecule has 0 spiro atoms. The number of benzene rings is 2. The van der Waals surface area contributed by atoms with Gasteiger partial charge >= 0.3 is 17.8 Å². The molecule has 3 aromatic rings. The van der Waals surface area contributed by atoms with Crippen LogP contribution < -0.4 is 11.0 Å². The number of fused-ring (bicyclic) bond motifs is 1. The van der Waals surface area contributed by atoms with Gasteiger partial charge in [0, 0.05) is 24.7 Å². The Hall–Kier alpha value is -2.98. The number of halogens is 5. The third kappa shape index (κ3) is 6.61. The number of aromatic nitrogens is 2. The molecule has 2 N–H and O–H groups in total. The maximum Gasteiger partial charge on any atom is 0.490 e. The Morgan fingerprint density at radius 3 is 2.22 bits per heavy atom. The van der Waals surface area contributed by atoms with E-state index >= 15 is 0 Å². The van der Waals surface area contributed by atoms with E-state index in [9.17, 15) is 22.8 Å². The molecule has 0 saturated heterocycles. The maximum atomic E-state index is 12.6. The first-order valence-corrected chi connectivity index (χ1v) is 11.8. The van der Waals surface area contributed by atoms with Crippen molar-refractivity contribution >= 4 is 46.1 Å². The van der Waals surface area contributed by atoms with Gasteiger partial charge in [-0.3, -0.25) is 13.9 Å². The summed E-state index contributed by atoms with van der Waals surface area (Å²) in [5, 5.41) is 11.1. The van der Waals surface area contributed by atoms with Gasteiger partial charge in [0.2, 0.25) is 0 Å². The number of carboxylic acid groups (broad SMARTS) is 1. The van der Waals surface area contributed by atoms with E-state index in [0.717, 1.165) is 36.7 Å². The van der Waals surface area contributed by atoms with Crippen LogP contribution >= 0.6 is 23.2 Å². The van der Waals surface area contributed by atoms with Crippen LogP contribution in [0.15, 0.2) is 47.3 Å². The summed E-state index contributed by atoms with van der Waals surface area (Å²) in [5.41, 5.74) is 2.36. The van der Waals surface area contributed by atoms with Crippen molar-refractivity contribution in [3.63, 3.8) is 0 Å². The molecular weight excluding hydrogens is 522 g/mol. The average molecular weight is 546 g/mol. The van der Waals surface area contributed by atoms with Crippen molar-refractivity contribution in [3.8, 4) is 0 Å². The first kappa shape index (κ1) is 27.6. The number of aliphatic carboxylic acids is 1. The van der Waals surface area contributed by atoms with E-state index in [4.69, 9.17) is 33.1 Å². The number of imidazole rings is 1. The zero-order valence-electron chi connectivity index (χ0n) is 19.2. The highest BCUT2D eigenvalue weighted by atomic mass is 35.5. The van der Waals surface area contributed by atoms with E-state index in [1.807, 2.05) is 35.9 Å². The lowest BCUT2D eigenvalue weighted by molar-refractivity contribution is -0.192. The fraction of sp³-hybridized carbons (Fsp3) is 0.375. The summed E-state index contributed by atoms with van der Waals surface area (Å²) in [6.45, 7) is 0.709. The molecule has 2 aromatic carbocycles. The van der Waals surface area contributed by atoms with E-state index in [1.165, 1.54) is 0 Å². The molecule has 1 aliphatic carbocycles. The Bertz CT molecular complexity index is 1310. The minimum atomic E-state index is -5.08. The highest BCUT2D eigenvalue weighted by Crippen LogP contribution is 2.28. The normalized spacial score (nSPS) is 17.8. The number of hydrogen-bond acceptors (Lipinski definition) is 3. The van der Waals surface area contributed by atoms with Crippen molar-refractivity contribution in [3.05, 3.63) is 68.6 Å². The largest absolute Gasteiger partial charge is 0.490 e. The molecule has 4 rings (SSSR count). The standard InChI is InChI=1S/C22H23Cl2N3O2.C2HF3O2/c1-26-19-4-2-3-5-20(19)27(22(26)29)13-14-6-9-16(10-7-14)25-21(28)17-12-15(23)8-11-18(17)24;3-2(4,5)1(6)7/h2-5,8,11-12,14,16H,6-7,9-10,13H2,1H3,(H,25,28);(H,6,7)/t14-,16-;. The summed E-state index contributed by atoms with van der Waals surface area (Å²) in [7, 11) is 1.81. The number of hydrogen-bond donors (Lipinski definition) is 2. The van der Waals surface area contributed by atoms with Gasteiger partial charge in [-0.15, -0.1) is 0 Å². The molecule has 0 unspecified atom stereocenters. The topological polar surface area (TPSA) is 93.3 Å². The molecule has 0 atom stereocenters. The molecule has 36 heavy (non-hydrogen) atoms. The van der Waals surface area contributed by atoms with Crippen LogP contribution in [-0.4, -0.2) is 38.3 Å². The molecule has 1 heterocycles. The SMILES string of the molecule is Cn1c(=O)n(C[C@H]2CC[C@H](NC(=O)c3cc(Cl)ccc3Cl)CC2)c2ccccc21.O=C(O)C(F)(F)F. The molecule has 0 radical (unpaired) electrons. The highest BCUT2D eigenvalue weighted by molar-refractivity contribution is 6.35. The molecule has 1 fully saturated rings. The van der Waals surface area contributed by atoms with Gasteiger partial charge in [0.15, 0.2) is 0 Å². The number of amides is 1. The van der Waals surface area contributed by atoms with E-state index in [1.54, 1.807) is 22.8 Å². The van der Waals surface area contributed by atoms with Crippen molar-refractivity contribution in [1.82, 2.24) is 14.5 Å². The Labute approximate surface area is 214 Å². The smallest absolute Gasteiger partial charge is 0.475 e. The first-order valence-electron chi connectivity index (χ1n) is 11.1. The molecule has 1 saturated carbocycles. The van der Waals surface area contributed by atoms with Crippen LogP contribution in [0.3, 0.4) is 0 Å². The Morgan fingerprint density at radius 2 is 1.64 bits per heavy atom. The van der Waals surface area contributed by atoms with Crippen LogP contribution in [-0.2, 0) is 18.4 Å². The van der Waals surface area contributed by atoms with Gasteiger partial charge in [0.25, 0.3) is 5.91 Å². The number of nitrogens with one attached hydrogen (secondary N) is 1. The summed E-state index contributed by atoms with van der Waals surface area (Å²) >= 11 is 12.1. The maximum absolute atomic E-state index is 12.6. The third-order valence-electron chi connectivity index (χ3n) is 6.09.